The van der Waals surface area contributed by atoms with Crippen LogP contribution in [0.1, 0.15) is 18.4 Å². The highest BCUT2D eigenvalue weighted by atomic mass is 35.5. The van der Waals surface area contributed by atoms with Crippen molar-refractivity contribution in [3.8, 4) is 0 Å². The molecule has 0 aliphatic rings. The normalized spacial score (nSPS) is 11.1. The zero-order valence-corrected chi connectivity index (χ0v) is 8.91. The predicted molar refractivity (Wildman–Crippen MR) is 60.8 cm³/mol. The van der Waals surface area contributed by atoms with Gasteiger partial charge >= 0.3 is 0 Å². The lowest BCUT2D eigenvalue weighted by atomic mass is 10.1. The lowest BCUT2D eigenvalue weighted by Crippen LogP contribution is -1.87. The van der Waals surface area contributed by atoms with Crippen LogP contribution in [0.4, 0.5) is 0 Å². The summed E-state index contributed by atoms with van der Waals surface area (Å²) in [6.07, 6.45) is 4.07. The molecule has 0 bridgehead atoms. The Hall–Kier alpha value is -1.41. The molecule has 1 aromatic carbocycles. The molecule has 0 fully saturated rings. The maximum Gasteiger partial charge on any atom is 0.146 e. The van der Waals surface area contributed by atoms with Crippen LogP contribution in [0, 0.1) is 0 Å². The van der Waals surface area contributed by atoms with Gasteiger partial charge in [-0.3, -0.25) is 4.79 Å². The van der Waals surface area contributed by atoms with Crippen molar-refractivity contribution in [1.29, 1.82) is 0 Å². The number of halogens is 1. The molecule has 3 heteroatoms. The molecule has 0 aliphatic heterocycles. The molecule has 0 N–H and O–H groups in total. The minimum Gasteiger partial charge on any atom is -0.303 e. The van der Waals surface area contributed by atoms with Crippen LogP contribution in [0.15, 0.2) is 29.8 Å². The Morgan fingerprint density at radius 2 is 2.00 bits per heavy atom. The van der Waals surface area contributed by atoms with Gasteiger partial charge in [-0.05, 0) is 29.7 Å². The van der Waals surface area contributed by atoms with Crippen LogP contribution in [0.25, 0.3) is 6.08 Å². The van der Waals surface area contributed by atoms with E-state index in [-0.39, 0.29) is 0 Å². The maximum absolute atomic E-state index is 10.7. The van der Waals surface area contributed by atoms with Gasteiger partial charge in [-0.2, -0.15) is 0 Å². The Morgan fingerprint density at radius 1 is 1.27 bits per heavy atom. The van der Waals surface area contributed by atoms with Crippen molar-refractivity contribution in [2.45, 2.75) is 12.8 Å². The molecule has 0 atom stereocenters. The largest absolute Gasteiger partial charge is 0.303 e. The summed E-state index contributed by atoms with van der Waals surface area (Å²) in [5.74, 6) is 0. The Morgan fingerprint density at radius 3 is 2.60 bits per heavy atom. The third kappa shape index (κ3) is 3.68. The van der Waals surface area contributed by atoms with Crippen LogP contribution in [-0.4, -0.2) is 12.6 Å². The Bertz CT molecular complexity index is 383. The summed E-state index contributed by atoms with van der Waals surface area (Å²) < 4.78 is 0. The summed E-state index contributed by atoms with van der Waals surface area (Å²) in [7, 11) is 0. The number of benzene rings is 1. The minimum absolute atomic E-state index is 0.356. The van der Waals surface area contributed by atoms with Crippen molar-refractivity contribution in [3.63, 3.8) is 0 Å². The van der Waals surface area contributed by atoms with E-state index in [4.69, 9.17) is 11.6 Å². The quantitative estimate of drug-likeness (QED) is 0.567. The molecule has 0 saturated heterocycles. The minimum atomic E-state index is 0.356. The first-order valence-electron chi connectivity index (χ1n) is 4.62. The van der Waals surface area contributed by atoms with Gasteiger partial charge in [0.05, 0.1) is 0 Å². The van der Waals surface area contributed by atoms with Gasteiger partial charge < -0.3 is 4.79 Å². The summed E-state index contributed by atoms with van der Waals surface area (Å²) in [6, 6.07) is 7.26. The molecule has 1 aromatic rings. The molecule has 0 unspecified atom stereocenters. The van der Waals surface area contributed by atoms with Gasteiger partial charge in [0, 0.05) is 11.4 Å². The van der Waals surface area contributed by atoms with Gasteiger partial charge in [-0.1, -0.05) is 29.8 Å². The van der Waals surface area contributed by atoms with Gasteiger partial charge in [0.15, 0.2) is 0 Å². The fourth-order valence-corrected chi connectivity index (χ4v) is 1.37. The average molecular weight is 223 g/mol. The van der Waals surface area contributed by atoms with E-state index in [1.54, 1.807) is 12.1 Å². The van der Waals surface area contributed by atoms with E-state index in [2.05, 4.69) is 0 Å². The Labute approximate surface area is 93.6 Å². The van der Waals surface area contributed by atoms with E-state index in [0.29, 0.717) is 23.4 Å². The molecule has 2 nitrogen and oxygen atoms in total. The summed E-state index contributed by atoms with van der Waals surface area (Å²) >= 11 is 5.93. The van der Waals surface area contributed by atoms with E-state index < -0.39 is 0 Å². The lowest BCUT2D eigenvalue weighted by Gasteiger charge is -1.99. The van der Waals surface area contributed by atoms with Gasteiger partial charge in [-0.25, -0.2) is 0 Å². The highest BCUT2D eigenvalue weighted by Gasteiger charge is 1.99. The third-order valence-corrected chi connectivity index (χ3v) is 2.29. The lowest BCUT2D eigenvalue weighted by molar-refractivity contribution is -0.107. The molecule has 0 heterocycles. The van der Waals surface area contributed by atoms with Crippen molar-refractivity contribution in [3.05, 3.63) is 40.4 Å². The number of allylic oxidation sites excluding steroid dienone is 1. The number of carbonyl (C=O) groups excluding carboxylic acids is 2. The third-order valence-electron chi connectivity index (χ3n) is 1.95. The first-order valence-corrected chi connectivity index (χ1v) is 4.99. The summed E-state index contributed by atoms with van der Waals surface area (Å²) in [5.41, 5.74) is 1.38. The number of hydrogen-bond acceptors (Lipinski definition) is 2. The summed E-state index contributed by atoms with van der Waals surface area (Å²) in [6.45, 7) is 0. The fraction of sp³-hybridized carbons (Fsp3) is 0.167. The molecule has 0 aromatic heterocycles. The molecule has 0 aliphatic carbocycles. The van der Waals surface area contributed by atoms with Crippen LogP contribution in [0.5, 0.6) is 0 Å². The SMILES string of the molecule is O=CCC/C(C=O)=C/c1ccccc1Cl. The number of hydrogen-bond donors (Lipinski definition) is 0. The van der Waals surface area contributed by atoms with Gasteiger partial charge in [0.1, 0.15) is 12.6 Å². The predicted octanol–water partition coefficient (Wildman–Crippen LogP) is 2.90. The molecule has 78 valence electrons. The molecule has 15 heavy (non-hydrogen) atoms. The molecule has 0 amide bonds. The second-order valence-corrected chi connectivity index (χ2v) is 3.47. The smallest absolute Gasteiger partial charge is 0.146 e. The Balaban J connectivity index is 2.87. The monoisotopic (exact) mass is 222 g/mol. The van der Waals surface area contributed by atoms with Gasteiger partial charge in [0.2, 0.25) is 0 Å². The van der Waals surface area contributed by atoms with Crippen molar-refractivity contribution >= 4 is 30.2 Å². The van der Waals surface area contributed by atoms with Crippen LogP contribution < -0.4 is 0 Å². The second kappa shape index (κ2) is 6.14. The van der Waals surface area contributed by atoms with Crippen LogP contribution in [0.2, 0.25) is 5.02 Å². The van der Waals surface area contributed by atoms with Crippen LogP contribution >= 0.6 is 11.6 Å². The molecular weight excluding hydrogens is 212 g/mol. The standard InChI is InChI=1S/C12H11ClO2/c13-12-6-2-1-5-11(12)8-10(9-15)4-3-7-14/h1-2,5-9H,3-4H2/b10-8-. The second-order valence-electron chi connectivity index (χ2n) is 3.06. The number of carbonyl (C=O) groups is 2. The molecule has 1 rings (SSSR count). The summed E-state index contributed by atoms with van der Waals surface area (Å²) in [4.78, 5) is 20.9. The van der Waals surface area contributed by atoms with E-state index in [0.717, 1.165) is 18.1 Å². The highest BCUT2D eigenvalue weighted by Crippen LogP contribution is 2.18. The first-order chi connectivity index (χ1) is 7.27. The van der Waals surface area contributed by atoms with Gasteiger partial charge in [-0.15, -0.1) is 0 Å². The van der Waals surface area contributed by atoms with E-state index in [1.165, 1.54) is 0 Å². The molecule has 0 spiro atoms. The average Bonchev–Trinajstić information content (AvgIpc) is 2.26. The first kappa shape index (κ1) is 11.7. The number of rotatable bonds is 5. The van der Waals surface area contributed by atoms with E-state index in [1.807, 2.05) is 18.2 Å². The van der Waals surface area contributed by atoms with Crippen molar-refractivity contribution < 1.29 is 9.59 Å². The fourth-order valence-electron chi connectivity index (χ4n) is 1.18. The van der Waals surface area contributed by atoms with Crippen molar-refractivity contribution in [2.75, 3.05) is 0 Å². The van der Waals surface area contributed by atoms with Crippen molar-refractivity contribution in [1.82, 2.24) is 0 Å². The van der Waals surface area contributed by atoms with E-state index >= 15 is 0 Å². The molecule has 0 saturated carbocycles. The number of aldehydes is 2. The molecular formula is C12H11ClO2. The van der Waals surface area contributed by atoms with Crippen molar-refractivity contribution in [2.24, 2.45) is 0 Å². The molecule has 0 radical (unpaired) electrons. The zero-order valence-electron chi connectivity index (χ0n) is 8.15. The van der Waals surface area contributed by atoms with Gasteiger partial charge in [0.25, 0.3) is 0 Å². The van der Waals surface area contributed by atoms with E-state index in [9.17, 15) is 9.59 Å². The zero-order chi connectivity index (χ0) is 11.1. The summed E-state index contributed by atoms with van der Waals surface area (Å²) in [5, 5.41) is 0.600. The maximum atomic E-state index is 10.7. The highest BCUT2D eigenvalue weighted by molar-refractivity contribution is 6.32. The van der Waals surface area contributed by atoms with Crippen LogP contribution in [0.3, 0.4) is 0 Å². The Kier molecular flexibility index (Phi) is 4.78. The van der Waals surface area contributed by atoms with Crippen LogP contribution in [-0.2, 0) is 9.59 Å². The topological polar surface area (TPSA) is 34.1 Å².